The van der Waals surface area contributed by atoms with Crippen molar-refractivity contribution in [3.8, 4) is 0 Å². The fraction of sp³-hybridized carbons (Fsp3) is 0.900. The Morgan fingerprint density at radius 2 is 1.28 bits per heavy atom. The van der Waals surface area contributed by atoms with Crippen LogP contribution in [0.1, 0.15) is 148 Å². The molecule has 6 atom stereocenters. The molecular formula is C40H66O6. The summed E-state index contributed by atoms with van der Waals surface area (Å²) in [6, 6.07) is 0. The molecule has 262 valence electrons. The van der Waals surface area contributed by atoms with Crippen molar-refractivity contribution in [2.75, 3.05) is 19.8 Å². The standard InChI is InChI=1S/C40H66O6/c1-3-9-29-10-5-6-12-31(29)24-25-43-27-38(28-44-37-23-20-30-11-7-8-13-35(30)26-37)46-40(42)34-16-14-32(15-17-34)33-18-21-36(22-19-33)45-39(41)4-2/h4,29-38H,2-3,5-28H2,1H3. The molecule has 0 bridgehead atoms. The third-order valence-electron chi connectivity index (χ3n) is 12.9. The van der Waals surface area contributed by atoms with Crippen LogP contribution >= 0.6 is 0 Å². The number of rotatable bonds is 15. The van der Waals surface area contributed by atoms with Crippen LogP contribution in [0.3, 0.4) is 0 Å². The maximum atomic E-state index is 13.5. The van der Waals surface area contributed by atoms with Gasteiger partial charge in [-0.25, -0.2) is 4.79 Å². The predicted molar refractivity (Wildman–Crippen MR) is 182 cm³/mol. The lowest BCUT2D eigenvalue weighted by molar-refractivity contribution is -0.165. The van der Waals surface area contributed by atoms with Gasteiger partial charge in [-0.2, -0.15) is 0 Å². The predicted octanol–water partition coefficient (Wildman–Crippen LogP) is 9.38. The molecule has 0 aromatic heterocycles. The van der Waals surface area contributed by atoms with Crippen LogP contribution in [0, 0.1) is 41.4 Å². The van der Waals surface area contributed by atoms with Gasteiger partial charge < -0.3 is 18.9 Å². The second-order valence-corrected chi connectivity index (χ2v) is 15.9. The molecule has 0 heterocycles. The van der Waals surface area contributed by atoms with E-state index < -0.39 is 0 Å². The molecule has 5 rings (SSSR count). The van der Waals surface area contributed by atoms with Gasteiger partial charge in [0.2, 0.25) is 0 Å². The summed E-state index contributed by atoms with van der Waals surface area (Å²) in [5.74, 6) is 4.33. The van der Waals surface area contributed by atoms with Gasteiger partial charge in [-0.05, 0) is 113 Å². The van der Waals surface area contributed by atoms with Gasteiger partial charge in [-0.15, -0.1) is 0 Å². The van der Waals surface area contributed by atoms with Gasteiger partial charge in [-0.1, -0.05) is 77.7 Å². The molecule has 6 nitrogen and oxygen atoms in total. The zero-order chi connectivity index (χ0) is 32.1. The van der Waals surface area contributed by atoms with E-state index in [1.165, 1.54) is 83.1 Å². The van der Waals surface area contributed by atoms with E-state index in [4.69, 9.17) is 18.9 Å². The zero-order valence-corrected chi connectivity index (χ0v) is 29.2. The molecule has 0 amide bonds. The second kappa shape index (κ2) is 19.0. The third-order valence-corrected chi connectivity index (χ3v) is 12.9. The summed E-state index contributed by atoms with van der Waals surface area (Å²) in [5, 5.41) is 0. The Hall–Kier alpha value is -1.40. The monoisotopic (exact) mass is 642 g/mol. The van der Waals surface area contributed by atoms with Crippen molar-refractivity contribution in [2.24, 2.45) is 41.4 Å². The van der Waals surface area contributed by atoms with Gasteiger partial charge in [0.25, 0.3) is 0 Å². The minimum atomic E-state index is -0.319. The van der Waals surface area contributed by atoms with Crippen LogP contribution in [0.2, 0.25) is 0 Å². The lowest BCUT2D eigenvalue weighted by Gasteiger charge is -2.39. The largest absolute Gasteiger partial charge is 0.459 e. The fourth-order valence-electron chi connectivity index (χ4n) is 10.2. The molecule has 0 N–H and O–H groups in total. The van der Waals surface area contributed by atoms with Crippen molar-refractivity contribution in [3.63, 3.8) is 0 Å². The highest BCUT2D eigenvalue weighted by Gasteiger charge is 2.36. The van der Waals surface area contributed by atoms with E-state index in [2.05, 4.69) is 13.5 Å². The number of hydrogen-bond donors (Lipinski definition) is 0. The summed E-state index contributed by atoms with van der Waals surface area (Å²) in [5.41, 5.74) is 0. The number of carbonyl (C=O) groups excluding carboxylic acids is 2. The molecule has 0 aromatic carbocycles. The molecule has 5 aliphatic rings. The highest BCUT2D eigenvalue weighted by molar-refractivity contribution is 5.81. The lowest BCUT2D eigenvalue weighted by Crippen LogP contribution is -2.37. The number of fused-ring (bicyclic) bond motifs is 1. The number of ether oxygens (including phenoxy) is 4. The number of esters is 2. The van der Waals surface area contributed by atoms with Crippen LogP contribution in [-0.2, 0) is 28.5 Å². The Labute approximate surface area is 280 Å². The Morgan fingerprint density at radius 1 is 0.696 bits per heavy atom. The summed E-state index contributed by atoms with van der Waals surface area (Å²) in [4.78, 5) is 25.1. The number of carbonyl (C=O) groups is 2. The van der Waals surface area contributed by atoms with Crippen molar-refractivity contribution < 1.29 is 28.5 Å². The summed E-state index contributed by atoms with van der Waals surface area (Å²) in [6.45, 7) is 7.49. The van der Waals surface area contributed by atoms with Crippen LogP contribution in [0.15, 0.2) is 12.7 Å². The molecule has 46 heavy (non-hydrogen) atoms. The fourth-order valence-corrected chi connectivity index (χ4v) is 10.2. The van der Waals surface area contributed by atoms with Gasteiger partial charge in [0.05, 0.1) is 25.2 Å². The maximum absolute atomic E-state index is 13.5. The van der Waals surface area contributed by atoms with Crippen LogP contribution in [0.25, 0.3) is 0 Å². The van der Waals surface area contributed by atoms with Crippen LogP contribution in [0.4, 0.5) is 0 Å². The quantitative estimate of drug-likeness (QED) is 0.101. The maximum Gasteiger partial charge on any atom is 0.330 e. The van der Waals surface area contributed by atoms with Gasteiger partial charge in [-0.3, -0.25) is 4.79 Å². The summed E-state index contributed by atoms with van der Waals surface area (Å²) in [7, 11) is 0. The Kier molecular flexibility index (Phi) is 14.8. The van der Waals surface area contributed by atoms with Crippen molar-refractivity contribution >= 4 is 11.9 Å². The zero-order valence-electron chi connectivity index (χ0n) is 29.2. The SMILES string of the molecule is C=CC(=O)OC1CCC(C2CCC(C(=O)OC(COCCC3CCCCC3CCC)COC3CCC4CCCCC4C3)CC2)CC1. The van der Waals surface area contributed by atoms with Crippen molar-refractivity contribution in [1.29, 1.82) is 0 Å². The normalized spacial score (nSPS) is 35.8. The van der Waals surface area contributed by atoms with Crippen LogP contribution < -0.4 is 0 Å². The van der Waals surface area contributed by atoms with E-state index >= 15 is 0 Å². The molecule has 6 heteroatoms. The topological polar surface area (TPSA) is 71.1 Å². The average molecular weight is 643 g/mol. The summed E-state index contributed by atoms with van der Waals surface area (Å²) in [6.07, 6.45) is 27.7. The minimum Gasteiger partial charge on any atom is -0.459 e. The highest BCUT2D eigenvalue weighted by atomic mass is 16.6. The van der Waals surface area contributed by atoms with Crippen LogP contribution in [0.5, 0.6) is 0 Å². The Bertz CT molecular complexity index is 917. The molecule has 0 aliphatic heterocycles. The average Bonchev–Trinajstić information content (AvgIpc) is 3.10. The Morgan fingerprint density at radius 3 is 1.96 bits per heavy atom. The van der Waals surface area contributed by atoms with Crippen molar-refractivity contribution in [2.45, 2.75) is 166 Å². The molecule has 6 unspecified atom stereocenters. The van der Waals surface area contributed by atoms with E-state index in [-0.39, 0.29) is 30.1 Å². The van der Waals surface area contributed by atoms with E-state index in [1.54, 1.807) is 0 Å². The summed E-state index contributed by atoms with van der Waals surface area (Å²) >= 11 is 0. The lowest BCUT2D eigenvalue weighted by atomic mass is 9.70. The number of hydrogen-bond acceptors (Lipinski definition) is 6. The van der Waals surface area contributed by atoms with E-state index in [9.17, 15) is 9.59 Å². The van der Waals surface area contributed by atoms with Gasteiger partial charge in [0.1, 0.15) is 12.2 Å². The van der Waals surface area contributed by atoms with Crippen molar-refractivity contribution in [3.05, 3.63) is 12.7 Å². The first kappa shape index (κ1) is 35.9. The van der Waals surface area contributed by atoms with Crippen molar-refractivity contribution in [1.82, 2.24) is 0 Å². The van der Waals surface area contributed by atoms with Crippen LogP contribution in [-0.4, -0.2) is 50.1 Å². The first-order valence-electron chi connectivity index (χ1n) is 19.7. The Balaban J connectivity index is 1.07. The molecule has 5 saturated carbocycles. The third kappa shape index (κ3) is 10.8. The van der Waals surface area contributed by atoms with Gasteiger partial charge >= 0.3 is 11.9 Å². The smallest absolute Gasteiger partial charge is 0.330 e. The van der Waals surface area contributed by atoms with E-state index in [0.29, 0.717) is 31.2 Å². The first-order valence-corrected chi connectivity index (χ1v) is 19.7. The second-order valence-electron chi connectivity index (χ2n) is 15.9. The van der Waals surface area contributed by atoms with E-state index in [0.717, 1.165) is 94.5 Å². The highest BCUT2D eigenvalue weighted by Crippen LogP contribution is 2.42. The van der Waals surface area contributed by atoms with Gasteiger partial charge in [0, 0.05) is 12.7 Å². The molecule has 0 aromatic rings. The molecule has 0 spiro atoms. The molecule has 0 saturated heterocycles. The molecule has 5 aliphatic carbocycles. The molecular weight excluding hydrogens is 576 g/mol. The first-order chi connectivity index (χ1) is 22.5. The summed E-state index contributed by atoms with van der Waals surface area (Å²) < 4.78 is 24.5. The van der Waals surface area contributed by atoms with E-state index in [1.807, 2.05) is 0 Å². The molecule has 0 radical (unpaired) electrons. The minimum absolute atomic E-state index is 0.0154. The van der Waals surface area contributed by atoms with Gasteiger partial charge in [0.15, 0.2) is 0 Å². The molecule has 5 fully saturated rings.